The van der Waals surface area contributed by atoms with Gasteiger partial charge in [0.2, 0.25) is 0 Å². The Morgan fingerprint density at radius 1 is 1.00 bits per heavy atom. The van der Waals surface area contributed by atoms with Crippen LogP contribution in [-0.2, 0) is 0 Å². The molecule has 0 aliphatic carbocycles. The van der Waals surface area contributed by atoms with Crippen molar-refractivity contribution in [3.8, 4) is 0 Å². The van der Waals surface area contributed by atoms with Crippen LogP contribution in [0.3, 0.4) is 0 Å². The molecule has 2 rings (SSSR count). The van der Waals surface area contributed by atoms with Crippen LogP contribution in [0.2, 0.25) is 0 Å². The molecule has 0 aromatic heterocycles. The minimum Gasteiger partial charge on any atom is -0.304 e. The molecule has 0 fully saturated rings. The predicted octanol–water partition coefficient (Wildman–Crippen LogP) is 4.32. The lowest BCUT2D eigenvalue weighted by Gasteiger charge is -2.21. The number of aryl methyl sites for hydroxylation is 1. The quantitative estimate of drug-likeness (QED) is 0.657. The van der Waals surface area contributed by atoms with Gasteiger partial charge in [0.15, 0.2) is 0 Å². The molecule has 4 heteroatoms. The van der Waals surface area contributed by atoms with Gasteiger partial charge in [0.25, 0.3) is 5.69 Å². The lowest BCUT2D eigenvalue weighted by atomic mass is 10.0. The summed E-state index contributed by atoms with van der Waals surface area (Å²) in [5, 5.41) is 14.5. The minimum absolute atomic E-state index is 0.0412. The van der Waals surface area contributed by atoms with Crippen molar-refractivity contribution in [2.75, 3.05) is 0 Å². The van der Waals surface area contributed by atoms with Gasteiger partial charge in [0, 0.05) is 23.7 Å². The van der Waals surface area contributed by atoms with Crippen LogP contribution >= 0.6 is 0 Å². The van der Waals surface area contributed by atoms with Crippen molar-refractivity contribution in [1.82, 2.24) is 5.32 Å². The van der Waals surface area contributed by atoms with E-state index in [1.807, 2.05) is 31.2 Å². The molecular formula is C17H20N2O2. The first kappa shape index (κ1) is 15.2. The highest BCUT2D eigenvalue weighted by molar-refractivity contribution is 5.43. The molecule has 2 aromatic carbocycles. The summed E-state index contributed by atoms with van der Waals surface area (Å²) >= 11 is 0. The first-order valence-electron chi connectivity index (χ1n) is 7.05. The number of nitro groups is 1. The van der Waals surface area contributed by atoms with E-state index in [4.69, 9.17) is 0 Å². The van der Waals surface area contributed by atoms with E-state index in [9.17, 15) is 10.1 Å². The first-order chi connectivity index (χ1) is 9.99. The summed E-state index contributed by atoms with van der Waals surface area (Å²) in [6.45, 7) is 5.87. The van der Waals surface area contributed by atoms with Crippen molar-refractivity contribution < 1.29 is 4.92 Å². The molecule has 0 saturated carbocycles. The molecule has 0 heterocycles. The van der Waals surface area contributed by atoms with Gasteiger partial charge in [-0.1, -0.05) is 42.5 Å². The second-order valence-corrected chi connectivity index (χ2v) is 5.32. The van der Waals surface area contributed by atoms with Crippen molar-refractivity contribution in [1.29, 1.82) is 0 Å². The average molecular weight is 284 g/mol. The monoisotopic (exact) mass is 284 g/mol. The predicted molar refractivity (Wildman–Crippen MR) is 84.2 cm³/mol. The standard InChI is InChI=1S/C17H20N2O2/c1-12-9-10-16(11-17(12)19(20)21)14(3)18-13(2)15-7-5-4-6-8-15/h4-11,13-14,18H,1-3H3. The van der Waals surface area contributed by atoms with Gasteiger partial charge in [-0.15, -0.1) is 0 Å². The summed E-state index contributed by atoms with van der Waals surface area (Å²) in [4.78, 5) is 10.7. The van der Waals surface area contributed by atoms with Gasteiger partial charge < -0.3 is 5.32 Å². The summed E-state index contributed by atoms with van der Waals surface area (Å²) in [5.41, 5.74) is 2.99. The van der Waals surface area contributed by atoms with E-state index in [-0.39, 0.29) is 22.7 Å². The van der Waals surface area contributed by atoms with E-state index in [0.717, 1.165) is 5.56 Å². The molecule has 4 nitrogen and oxygen atoms in total. The Balaban J connectivity index is 2.15. The average Bonchev–Trinajstić information content (AvgIpc) is 2.48. The molecule has 0 spiro atoms. The highest BCUT2D eigenvalue weighted by Gasteiger charge is 2.16. The number of benzene rings is 2. The summed E-state index contributed by atoms with van der Waals surface area (Å²) in [6, 6.07) is 15.8. The molecule has 0 saturated heterocycles. The molecular weight excluding hydrogens is 264 g/mol. The summed E-state index contributed by atoms with van der Waals surface area (Å²) < 4.78 is 0. The Kier molecular flexibility index (Phi) is 4.70. The van der Waals surface area contributed by atoms with Crippen LogP contribution in [0.1, 0.15) is 42.6 Å². The van der Waals surface area contributed by atoms with Gasteiger partial charge in [-0.3, -0.25) is 10.1 Å². The van der Waals surface area contributed by atoms with Crippen LogP contribution in [0, 0.1) is 17.0 Å². The maximum atomic E-state index is 11.0. The van der Waals surface area contributed by atoms with Crippen molar-refractivity contribution in [2.24, 2.45) is 0 Å². The fourth-order valence-corrected chi connectivity index (χ4v) is 2.40. The highest BCUT2D eigenvalue weighted by atomic mass is 16.6. The van der Waals surface area contributed by atoms with Gasteiger partial charge in [0.05, 0.1) is 4.92 Å². The van der Waals surface area contributed by atoms with Crippen molar-refractivity contribution in [3.63, 3.8) is 0 Å². The number of nitro benzene ring substituents is 1. The third kappa shape index (κ3) is 3.67. The minimum atomic E-state index is -0.327. The van der Waals surface area contributed by atoms with Gasteiger partial charge in [0.1, 0.15) is 0 Å². The van der Waals surface area contributed by atoms with Crippen molar-refractivity contribution >= 4 is 5.69 Å². The van der Waals surface area contributed by atoms with Gasteiger partial charge >= 0.3 is 0 Å². The number of nitrogens with one attached hydrogen (secondary N) is 1. The van der Waals surface area contributed by atoms with E-state index < -0.39 is 0 Å². The summed E-state index contributed by atoms with van der Waals surface area (Å²) in [7, 11) is 0. The van der Waals surface area contributed by atoms with E-state index in [1.165, 1.54) is 5.56 Å². The fraction of sp³-hybridized carbons (Fsp3) is 0.294. The van der Waals surface area contributed by atoms with E-state index >= 15 is 0 Å². The lowest BCUT2D eigenvalue weighted by Crippen LogP contribution is -2.22. The fourth-order valence-electron chi connectivity index (χ4n) is 2.40. The normalized spacial score (nSPS) is 13.7. The second kappa shape index (κ2) is 6.50. The molecule has 2 unspecified atom stereocenters. The van der Waals surface area contributed by atoms with Crippen molar-refractivity contribution in [3.05, 3.63) is 75.3 Å². The van der Waals surface area contributed by atoms with Crippen LogP contribution < -0.4 is 5.32 Å². The molecule has 21 heavy (non-hydrogen) atoms. The molecule has 2 atom stereocenters. The van der Waals surface area contributed by atoms with Crippen molar-refractivity contribution in [2.45, 2.75) is 32.9 Å². The Labute approximate surface area is 125 Å². The summed E-state index contributed by atoms with van der Waals surface area (Å²) in [5.74, 6) is 0. The smallest absolute Gasteiger partial charge is 0.272 e. The van der Waals surface area contributed by atoms with Crippen LogP contribution in [0.4, 0.5) is 5.69 Å². The third-order valence-electron chi connectivity index (χ3n) is 3.73. The molecule has 0 amide bonds. The first-order valence-corrected chi connectivity index (χ1v) is 7.05. The molecule has 110 valence electrons. The Hall–Kier alpha value is -2.20. The zero-order valence-corrected chi connectivity index (χ0v) is 12.5. The lowest BCUT2D eigenvalue weighted by molar-refractivity contribution is -0.385. The molecule has 0 radical (unpaired) electrons. The zero-order valence-electron chi connectivity index (χ0n) is 12.5. The van der Waals surface area contributed by atoms with E-state index in [0.29, 0.717) is 5.56 Å². The molecule has 1 N–H and O–H groups in total. The maximum absolute atomic E-state index is 11.0. The zero-order chi connectivity index (χ0) is 15.4. The number of hydrogen-bond acceptors (Lipinski definition) is 3. The van der Waals surface area contributed by atoms with Gasteiger partial charge in [-0.25, -0.2) is 0 Å². The highest BCUT2D eigenvalue weighted by Crippen LogP contribution is 2.25. The van der Waals surface area contributed by atoms with Gasteiger partial charge in [-0.05, 0) is 31.9 Å². The Morgan fingerprint density at radius 3 is 2.24 bits per heavy atom. The molecule has 0 aliphatic heterocycles. The molecule has 0 aliphatic rings. The van der Waals surface area contributed by atoms with E-state index in [2.05, 4.69) is 24.4 Å². The molecule has 2 aromatic rings. The third-order valence-corrected chi connectivity index (χ3v) is 3.73. The largest absolute Gasteiger partial charge is 0.304 e. The number of hydrogen-bond donors (Lipinski definition) is 1. The van der Waals surface area contributed by atoms with E-state index in [1.54, 1.807) is 19.1 Å². The SMILES string of the molecule is Cc1ccc(C(C)NC(C)c2ccccc2)cc1[N+](=O)[O-]. The van der Waals surface area contributed by atoms with Crippen LogP contribution in [0.15, 0.2) is 48.5 Å². The maximum Gasteiger partial charge on any atom is 0.272 e. The molecule has 0 bridgehead atoms. The van der Waals surface area contributed by atoms with Crippen LogP contribution in [0.25, 0.3) is 0 Å². The Morgan fingerprint density at radius 2 is 1.62 bits per heavy atom. The summed E-state index contributed by atoms with van der Waals surface area (Å²) in [6.07, 6.45) is 0. The van der Waals surface area contributed by atoms with Crippen LogP contribution in [-0.4, -0.2) is 4.92 Å². The Bertz CT molecular complexity index is 626. The number of nitrogens with zero attached hydrogens (tertiary/aromatic N) is 1. The number of rotatable bonds is 5. The topological polar surface area (TPSA) is 55.2 Å². The second-order valence-electron chi connectivity index (χ2n) is 5.32. The van der Waals surface area contributed by atoms with Crippen LogP contribution in [0.5, 0.6) is 0 Å². The van der Waals surface area contributed by atoms with Gasteiger partial charge in [-0.2, -0.15) is 0 Å².